The number of carbonyl (C=O) groups excluding carboxylic acids is 3. The molecule has 6 rings (SSSR count). The molecule has 0 N–H and O–H groups in total. The van der Waals surface area contributed by atoms with Gasteiger partial charge in [0.05, 0.1) is 40.5 Å². The molecule has 0 bridgehead atoms. The van der Waals surface area contributed by atoms with Crippen molar-refractivity contribution in [3.05, 3.63) is 94.2 Å². The van der Waals surface area contributed by atoms with Crippen LogP contribution in [0, 0.1) is 24.2 Å². The highest BCUT2D eigenvalue weighted by Gasteiger charge is 2.49. The van der Waals surface area contributed by atoms with Crippen LogP contribution < -0.4 is 14.7 Å². The smallest absolute Gasteiger partial charge is 0.364 e. The fraction of sp³-hybridized carbons (Fsp3) is 0.324. The first-order valence-electron chi connectivity index (χ1n) is 14.9. The van der Waals surface area contributed by atoms with E-state index in [2.05, 4.69) is 17.6 Å². The van der Waals surface area contributed by atoms with Crippen LogP contribution in [0.5, 0.6) is 0 Å². The lowest BCUT2D eigenvalue weighted by molar-refractivity contribution is -0.137. The molecule has 0 unspecified atom stereocenters. The predicted molar refractivity (Wildman–Crippen MR) is 169 cm³/mol. The van der Waals surface area contributed by atoms with Crippen LogP contribution in [0.25, 0.3) is 0 Å². The second-order valence-electron chi connectivity index (χ2n) is 12.0. The van der Waals surface area contributed by atoms with E-state index in [0.717, 1.165) is 33.7 Å². The summed E-state index contributed by atoms with van der Waals surface area (Å²) in [5.41, 5.74) is 2.76. The van der Waals surface area contributed by atoms with E-state index in [1.165, 1.54) is 17.9 Å². The van der Waals surface area contributed by atoms with Crippen molar-refractivity contribution in [3.63, 3.8) is 0 Å². The van der Waals surface area contributed by atoms with Crippen molar-refractivity contribution in [1.29, 1.82) is 5.26 Å². The number of rotatable bonds is 5. The van der Waals surface area contributed by atoms with Gasteiger partial charge in [0.2, 0.25) is 17.7 Å². The fourth-order valence-electron chi connectivity index (χ4n) is 6.94. The van der Waals surface area contributed by atoms with Crippen LogP contribution in [0.2, 0.25) is 5.02 Å². The van der Waals surface area contributed by atoms with Crippen LogP contribution in [0.1, 0.15) is 46.8 Å². The van der Waals surface area contributed by atoms with E-state index < -0.39 is 41.6 Å². The van der Waals surface area contributed by atoms with Crippen LogP contribution >= 0.6 is 11.6 Å². The first-order valence-corrected chi connectivity index (χ1v) is 15.3. The van der Waals surface area contributed by atoms with Gasteiger partial charge in [0.25, 0.3) is 0 Å². The van der Waals surface area contributed by atoms with Crippen molar-refractivity contribution >= 4 is 46.5 Å². The largest absolute Gasteiger partial charge is 0.416 e. The molecule has 47 heavy (non-hydrogen) atoms. The summed E-state index contributed by atoms with van der Waals surface area (Å²) >= 11 is 6.78. The van der Waals surface area contributed by atoms with E-state index in [-0.39, 0.29) is 36.8 Å². The van der Waals surface area contributed by atoms with E-state index in [0.29, 0.717) is 29.5 Å². The summed E-state index contributed by atoms with van der Waals surface area (Å²) in [6, 6.07) is 13.3. The average Bonchev–Trinajstić information content (AvgIpc) is 3.54. The molecule has 13 heteroatoms. The molecule has 4 heterocycles. The van der Waals surface area contributed by atoms with Crippen LogP contribution in [0.15, 0.2) is 61.2 Å². The highest BCUT2D eigenvalue weighted by atomic mass is 35.5. The number of fused-ring (bicyclic) bond motifs is 3. The molecular formula is C34H30ClF3N6O3. The molecule has 242 valence electrons. The minimum absolute atomic E-state index is 0.0659. The quantitative estimate of drug-likeness (QED) is 0.313. The minimum atomic E-state index is -4.67. The van der Waals surface area contributed by atoms with Crippen LogP contribution in [0.4, 0.5) is 30.4 Å². The molecule has 3 aliphatic rings. The summed E-state index contributed by atoms with van der Waals surface area (Å²) in [7, 11) is 1.55. The molecule has 3 amide bonds. The number of nitriles is 1. The van der Waals surface area contributed by atoms with Gasteiger partial charge in [-0.05, 0) is 54.0 Å². The second kappa shape index (κ2) is 12.0. The number of likely N-dealkylation sites (N-methyl/N-ethyl adjacent to an activating group) is 1. The third kappa shape index (κ3) is 5.69. The topological polar surface area (TPSA) is 101 Å². The highest BCUT2D eigenvalue weighted by molar-refractivity contribution is 6.34. The monoisotopic (exact) mass is 662 g/mol. The van der Waals surface area contributed by atoms with E-state index in [1.54, 1.807) is 30.1 Å². The Hall–Kier alpha value is -4.89. The van der Waals surface area contributed by atoms with Crippen LogP contribution in [-0.2, 0) is 33.6 Å². The molecule has 0 saturated carbocycles. The molecule has 3 aliphatic heterocycles. The molecule has 3 atom stereocenters. The Labute approximate surface area is 274 Å². The average molecular weight is 663 g/mol. The first-order chi connectivity index (χ1) is 22.3. The number of pyridine rings is 1. The third-order valence-corrected chi connectivity index (χ3v) is 9.33. The zero-order valence-electron chi connectivity index (χ0n) is 25.6. The third-order valence-electron chi connectivity index (χ3n) is 9.03. The van der Waals surface area contributed by atoms with E-state index in [1.807, 2.05) is 23.1 Å². The van der Waals surface area contributed by atoms with Gasteiger partial charge in [-0.1, -0.05) is 42.4 Å². The summed E-state index contributed by atoms with van der Waals surface area (Å²) in [5.74, 6) is -2.08. The van der Waals surface area contributed by atoms with Gasteiger partial charge >= 0.3 is 6.18 Å². The number of halogens is 4. The molecule has 1 aromatic heterocycles. The number of carbonyl (C=O) groups is 3. The summed E-state index contributed by atoms with van der Waals surface area (Å²) in [5, 5.41) is 9.90. The van der Waals surface area contributed by atoms with Crippen molar-refractivity contribution in [2.75, 3.05) is 28.3 Å². The molecule has 9 nitrogen and oxygen atoms in total. The number of nitrogens with zero attached hydrogens (tertiary/aromatic N) is 6. The molecular weight excluding hydrogens is 633 g/mol. The van der Waals surface area contributed by atoms with Gasteiger partial charge in [-0.3, -0.25) is 19.3 Å². The highest BCUT2D eigenvalue weighted by Crippen LogP contribution is 2.44. The number of amides is 3. The maximum atomic E-state index is 14.1. The number of para-hydroxylation sites is 1. The van der Waals surface area contributed by atoms with Crippen LogP contribution in [0.3, 0.4) is 0 Å². The summed E-state index contributed by atoms with van der Waals surface area (Å²) in [6.45, 7) is 5.82. The van der Waals surface area contributed by atoms with Gasteiger partial charge in [-0.15, -0.1) is 0 Å². The Morgan fingerprint density at radius 3 is 2.66 bits per heavy atom. The Bertz CT molecular complexity index is 1860. The van der Waals surface area contributed by atoms with Gasteiger partial charge in [0, 0.05) is 44.7 Å². The molecule has 1 fully saturated rings. The van der Waals surface area contributed by atoms with E-state index in [4.69, 9.17) is 11.6 Å². The van der Waals surface area contributed by atoms with Crippen molar-refractivity contribution in [1.82, 2.24) is 9.88 Å². The van der Waals surface area contributed by atoms with E-state index in [9.17, 15) is 32.8 Å². The summed E-state index contributed by atoms with van der Waals surface area (Å²) in [6.07, 6.45) is -3.43. The SMILES string of the molecule is C=CC(=O)N1Cc2ccc(CN3C[C@H]4CC(=O)N(c5cc(C(F)(F)F)cc(C)n5)[C@@H]4C(=O)N(C)c4cccc(Cl)c43)cc2[C@@H]1CC#N. The number of hydrogen-bond acceptors (Lipinski definition) is 6. The van der Waals surface area contributed by atoms with Gasteiger partial charge in [0.1, 0.15) is 11.9 Å². The Balaban J connectivity index is 1.41. The Morgan fingerprint density at radius 2 is 1.96 bits per heavy atom. The number of aromatic nitrogens is 1. The molecule has 2 aromatic carbocycles. The van der Waals surface area contributed by atoms with Gasteiger partial charge in [-0.25, -0.2) is 4.98 Å². The van der Waals surface area contributed by atoms with Crippen molar-refractivity contribution in [2.24, 2.45) is 5.92 Å². The van der Waals surface area contributed by atoms with Crippen molar-refractivity contribution in [2.45, 2.75) is 51.1 Å². The van der Waals surface area contributed by atoms with Crippen LogP contribution in [-0.4, -0.2) is 47.2 Å². The number of aryl methyl sites for hydroxylation is 1. The molecule has 0 spiro atoms. The number of benzene rings is 2. The van der Waals surface area contributed by atoms with Crippen molar-refractivity contribution in [3.8, 4) is 6.07 Å². The summed E-state index contributed by atoms with van der Waals surface area (Å²) < 4.78 is 41.2. The van der Waals surface area contributed by atoms with Gasteiger partial charge < -0.3 is 14.7 Å². The van der Waals surface area contributed by atoms with E-state index >= 15 is 0 Å². The maximum absolute atomic E-state index is 14.1. The predicted octanol–water partition coefficient (Wildman–Crippen LogP) is 5.95. The zero-order valence-corrected chi connectivity index (χ0v) is 26.3. The summed E-state index contributed by atoms with van der Waals surface area (Å²) in [4.78, 5) is 50.6. The molecule has 0 radical (unpaired) electrons. The second-order valence-corrected chi connectivity index (χ2v) is 12.4. The van der Waals surface area contributed by atoms with Gasteiger partial charge in [-0.2, -0.15) is 18.4 Å². The Kier molecular flexibility index (Phi) is 8.22. The number of anilines is 3. The zero-order chi connectivity index (χ0) is 33.8. The van der Waals surface area contributed by atoms with Crippen molar-refractivity contribution < 1.29 is 27.6 Å². The standard InChI is InChI=1S/C34H30ClF3N6O3/c1-4-29(45)43-18-21-9-8-20(13-24(21)26(43)10-11-39)16-42-17-22-14-30(46)44(28-15-23(34(36,37)38)12-19(2)40-28)31(22)33(47)41(3)27-7-5-6-25(35)32(27)42/h4-9,12-13,15,22,26,31H,1,10,14,16-18H2,2-3H3/t22-,26+,31+/m1/s1. The fourth-order valence-corrected chi connectivity index (χ4v) is 7.23. The molecule has 0 aliphatic carbocycles. The maximum Gasteiger partial charge on any atom is 0.416 e. The lowest BCUT2D eigenvalue weighted by Gasteiger charge is -2.39. The number of alkyl halides is 3. The minimum Gasteiger partial charge on any atom is -0.364 e. The lowest BCUT2D eigenvalue weighted by Crippen LogP contribution is -2.52. The van der Waals surface area contributed by atoms with Gasteiger partial charge in [0.15, 0.2) is 0 Å². The first kappa shape index (κ1) is 32.1. The molecule has 3 aromatic rings. The normalized spacial score (nSPS) is 20.7. The lowest BCUT2D eigenvalue weighted by atomic mass is 9.94. The number of hydrogen-bond donors (Lipinski definition) is 0. The molecule has 1 saturated heterocycles. The Morgan fingerprint density at radius 1 is 1.19 bits per heavy atom.